The molecule has 0 fully saturated rings. The van der Waals surface area contributed by atoms with Crippen molar-refractivity contribution in [2.24, 2.45) is 5.41 Å². The number of carbonyl (C=O) groups is 1. The van der Waals surface area contributed by atoms with Crippen LogP contribution in [0.25, 0.3) is 0 Å². The topological polar surface area (TPSA) is 57.5 Å². The first kappa shape index (κ1) is 9.43. The Bertz CT molecular complexity index is 123. The van der Waals surface area contributed by atoms with E-state index in [1.165, 1.54) is 0 Å². The smallest absolute Gasteiger partial charge is 0.332 e. The Hall–Kier alpha value is -0.570. The highest BCUT2D eigenvalue weighted by atomic mass is 16.4. The minimum absolute atomic E-state index is 0.127. The Morgan fingerprint density at radius 2 is 1.90 bits per heavy atom. The van der Waals surface area contributed by atoms with Gasteiger partial charge in [0.1, 0.15) is 0 Å². The number of aliphatic carboxylic acids is 1. The molecule has 2 N–H and O–H groups in total. The molecule has 0 aliphatic heterocycles. The third-order valence-electron chi connectivity index (χ3n) is 1.09. The van der Waals surface area contributed by atoms with Gasteiger partial charge in [0.25, 0.3) is 0 Å². The van der Waals surface area contributed by atoms with E-state index >= 15 is 0 Å². The van der Waals surface area contributed by atoms with Crippen molar-refractivity contribution in [2.45, 2.75) is 33.3 Å². The summed E-state index contributed by atoms with van der Waals surface area (Å²) in [5, 5.41) is 17.2. The summed E-state index contributed by atoms with van der Waals surface area (Å²) in [7, 11) is 0. The van der Waals surface area contributed by atoms with Gasteiger partial charge in [0.05, 0.1) is 0 Å². The quantitative estimate of drug-likeness (QED) is 0.607. The van der Waals surface area contributed by atoms with Gasteiger partial charge in [0.15, 0.2) is 6.10 Å². The fourth-order valence-electron chi connectivity index (χ4n) is 0.667. The number of aliphatic hydroxyl groups excluding tert-OH is 1. The Morgan fingerprint density at radius 3 is 2.00 bits per heavy atom. The Morgan fingerprint density at radius 1 is 1.50 bits per heavy atom. The summed E-state index contributed by atoms with van der Waals surface area (Å²) in [6.07, 6.45) is -0.928. The number of rotatable bonds is 2. The summed E-state index contributed by atoms with van der Waals surface area (Å²) in [5.41, 5.74) is -0.127. The summed E-state index contributed by atoms with van der Waals surface area (Å²) in [5.74, 6) is -1.14. The van der Waals surface area contributed by atoms with Gasteiger partial charge in [-0.05, 0) is 11.8 Å². The molecule has 0 radical (unpaired) electrons. The number of aliphatic hydroxyl groups is 1. The number of hydrogen-bond donors (Lipinski definition) is 2. The molecule has 3 heteroatoms. The van der Waals surface area contributed by atoms with Crippen LogP contribution in [0, 0.1) is 5.41 Å². The highest BCUT2D eigenvalue weighted by molar-refractivity contribution is 5.71. The fraction of sp³-hybridized carbons (Fsp3) is 0.857. The number of hydrogen-bond acceptors (Lipinski definition) is 2. The van der Waals surface area contributed by atoms with Gasteiger partial charge < -0.3 is 10.2 Å². The molecule has 60 valence electrons. The molecule has 0 saturated carbocycles. The minimum Gasteiger partial charge on any atom is -0.479 e. The number of carboxylic acids is 1. The van der Waals surface area contributed by atoms with E-state index in [0.29, 0.717) is 6.42 Å². The van der Waals surface area contributed by atoms with Gasteiger partial charge in [0, 0.05) is 0 Å². The lowest BCUT2D eigenvalue weighted by Gasteiger charge is -2.19. The highest BCUT2D eigenvalue weighted by Gasteiger charge is 2.21. The van der Waals surface area contributed by atoms with E-state index in [2.05, 4.69) is 0 Å². The van der Waals surface area contributed by atoms with E-state index in [4.69, 9.17) is 10.2 Å². The van der Waals surface area contributed by atoms with Crippen molar-refractivity contribution >= 4 is 5.97 Å². The van der Waals surface area contributed by atoms with Crippen LogP contribution in [0.4, 0.5) is 0 Å². The van der Waals surface area contributed by atoms with Crippen molar-refractivity contribution in [3.8, 4) is 0 Å². The molecule has 10 heavy (non-hydrogen) atoms. The first-order valence-corrected chi connectivity index (χ1v) is 3.24. The van der Waals surface area contributed by atoms with Crippen LogP contribution >= 0.6 is 0 Å². The second kappa shape index (κ2) is 3.01. The molecule has 0 heterocycles. The first-order valence-electron chi connectivity index (χ1n) is 3.24. The molecule has 0 aromatic carbocycles. The SMILES string of the molecule is CC(C)(C)CC(O)C(=O)O. The molecule has 3 nitrogen and oxygen atoms in total. The zero-order chi connectivity index (χ0) is 8.36. The van der Waals surface area contributed by atoms with Crippen molar-refractivity contribution in [1.82, 2.24) is 0 Å². The summed E-state index contributed by atoms with van der Waals surface area (Å²) < 4.78 is 0. The lowest BCUT2D eigenvalue weighted by Crippen LogP contribution is -2.25. The van der Waals surface area contributed by atoms with Gasteiger partial charge in [-0.2, -0.15) is 0 Å². The lowest BCUT2D eigenvalue weighted by atomic mass is 9.89. The molecule has 0 aliphatic rings. The molecule has 0 aromatic rings. The molecule has 0 rings (SSSR count). The molecular weight excluding hydrogens is 132 g/mol. The van der Waals surface area contributed by atoms with Crippen LogP contribution in [-0.4, -0.2) is 22.3 Å². The molecule has 1 atom stereocenters. The molecule has 0 aliphatic carbocycles. The van der Waals surface area contributed by atoms with Gasteiger partial charge in [-0.25, -0.2) is 4.79 Å². The molecule has 0 saturated heterocycles. The molecule has 0 spiro atoms. The minimum atomic E-state index is -1.22. The van der Waals surface area contributed by atoms with E-state index in [9.17, 15) is 4.79 Å². The average molecular weight is 146 g/mol. The second-order valence-electron chi connectivity index (χ2n) is 3.62. The highest BCUT2D eigenvalue weighted by Crippen LogP contribution is 2.20. The Balaban J connectivity index is 3.80. The summed E-state index contributed by atoms with van der Waals surface area (Å²) in [4.78, 5) is 10.1. The van der Waals surface area contributed by atoms with Crippen LogP contribution in [0.15, 0.2) is 0 Å². The normalized spacial score (nSPS) is 14.8. The summed E-state index contributed by atoms with van der Waals surface area (Å²) in [6.45, 7) is 5.66. The summed E-state index contributed by atoms with van der Waals surface area (Å²) >= 11 is 0. The predicted octanol–water partition coefficient (Wildman–Crippen LogP) is 0.868. The van der Waals surface area contributed by atoms with E-state index < -0.39 is 12.1 Å². The average Bonchev–Trinajstić information content (AvgIpc) is 1.60. The van der Waals surface area contributed by atoms with E-state index in [-0.39, 0.29) is 5.41 Å². The predicted molar refractivity (Wildman–Crippen MR) is 37.7 cm³/mol. The number of carboxylic acid groups (broad SMARTS) is 1. The van der Waals surface area contributed by atoms with Crippen LogP contribution in [-0.2, 0) is 4.79 Å². The van der Waals surface area contributed by atoms with Crippen LogP contribution in [0.5, 0.6) is 0 Å². The van der Waals surface area contributed by atoms with Crippen LogP contribution in [0.2, 0.25) is 0 Å². The standard InChI is InChI=1S/C7H14O3/c1-7(2,3)4-5(8)6(9)10/h5,8H,4H2,1-3H3,(H,9,10). The third-order valence-corrected chi connectivity index (χ3v) is 1.09. The van der Waals surface area contributed by atoms with Crippen molar-refractivity contribution in [1.29, 1.82) is 0 Å². The largest absolute Gasteiger partial charge is 0.479 e. The van der Waals surface area contributed by atoms with Crippen LogP contribution in [0.1, 0.15) is 27.2 Å². The third kappa shape index (κ3) is 4.32. The van der Waals surface area contributed by atoms with Crippen molar-refractivity contribution < 1.29 is 15.0 Å². The Labute approximate surface area is 60.7 Å². The fourth-order valence-corrected chi connectivity index (χ4v) is 0.667. The maximum Gasteiger partial charge on any atom is 0.332 e. The van der Waals surface area contributed by atoms with E-state index in [1.54, 1.807) is 0 Å². The van der Waals surface area contributed by atoms with E-state index in [0.717, 1.165) is 0 Å². The second-order valence-corrected chi connectivity index (χ2v) is 3.62. The first-order chi connectivity index (χ1) is 4.33. The van der Waals surface area contributed by atoms with Gasteiger partial charge in [-0.15, -0.1) is 0 Å². The lowest BCUT2D eigenvalue weighted by molar-refractivity contribution is -0.148. The van der Waals surface area contributed by atoms with Crippen LogP contribution in [0.3, 0.4) is 0 Å². The molecule has 0 bridgehead atoms. The van der Waals surface area contributed by atoms with Gasteiger partial charge in [0.2, 0.25) is 0 Å². The van der Waals surface area contributed by atoms with Crippen LogP contribution < -0.4 is 0 Å². The molecular formula is C7H14O3. The van der Waals surface area contributed by atoms with E-state index in [1.807, 2.05) is 20.8 Å². The summed E-state index contributed by atoms with van der Waals surface area (Å²) in [6, 6.07) is 0. The molecule has 0 amide bonds. The molecule has 1 unspecified atom stereocenters. The Kier molecular flexibility index (Phi) is 2.84. The van der Waals surface area contributed by atoms with Crippen molar-refractivity contribution in [2.75, 3.05) is 0 Å². The monoisotopic (exact) mass is 146 g/mol. The maximum atomic E-state index is 10.1. The molecule has 0 aromatic heterocycles. The maximum absolute atomic E-state index is 10.1. The van der Waals surface area contributed by atoms with Gasteiger partial charge in [-0.1, -0.05) is 20.8 Å². The van der Waals surface area contributed by atoms with Crippen molar-refractivity contribution in [3.63, 3.8) is 0 Å². The zero-order valence-corrected chi connectivity index (χ0v) is 6.59. The van der Waals surface area contributed by atoms with Gasteiger partial charge >= 0.3 is 5.97 Å². The zero-order valence-electron chi connectivity index (χ0n) is 6.59. The van der Waals surface area contributed by atoms with Gasteiger partial charge in [-0.3, -0.25) is 0 Å². The van der Waals surface area contributed by atoms with Crippen molar-refractivity contribution in [3.05, 3.63) is 0 Å².